The molecule has 0 radical (unpaired) electrons. The number of rotatable bonds is 3. The predicted octanol–water partition coefficient (Wildman–Crippen LogP) is -4.28. The minimum absolute atomic E-state index is 0. The fourth-order valence-electron chi connectivity index (χ4n) is 0. The summed E-state index contributed by atoms with van der Waals surface area (Å²) >= 11 is 0. The number of hydrogen-bond acceptors (Lipinski definition) is 7. The molecule has 18 heavy (non-hydrogen) atoms. The van der Waals surface area contributed by atoms with Crippen molar-refractivity contribution in [2.45, 2.75) is 13.8 Å². The topological polar surface area (TPSA) is 143 Å². The smallest absolute Gasteiger partial charge is 0.850 e. The van der Waals surface area contributed by atoms with Gasteiger partial charge in [-0.2, -0.15) is 0 Å². The first kappa shape index (κ1) is 25.4. The molecule has 0 aliphatic rings. The molecule has 0 aromatic rings. The van der Waals surface area contributed by atoms with E-state index in [9.17, 15) is 19.8 Å². The van der Waals surface area contributed by atoms with Gasteiger partial charge in [0.05, 0.1) is 11.9 Å². The molecule has 98 valence electrons. The molecule has 8 heteroatoms. The van der Waals surface area contributed by atoms with Gasteiger partial charge in [-0.25, -0.2) is 0 Å². The first-order chi connectivity index (χ1) is 7.56. The molecule has 0 saturated carbocycles. The van der Waals surface area contributed by atoms with Crippen molar-refractivity contribution in [2.24, 2.45) is 0 Å². The van der Waals surface area contributed by atoms with Crippen LogP contribution in [-0.2, 0) is 36.1 Å². The van der Waals surface area contributed by atoms with Crippen molar-refractivity contribution in [3.8, 4) is 0 Å². The molecular weight excluding hydrogens is 280 g/mol. The molecule has 0 rings (SSSR count). The van der Waals surface area contributed by atoms with Crippen molar-refractivity contribution in [3.63, 3.8) is 0 Å². The second kappa shape index (κ2) is 15.6. The van der Waals surface area contributed by atoms with E-state index < -0.39 is 24.5 Å². The van der Waals surface area contributed by atoms with Crippen LogP contribution in [0.1, 0.15) is 13.8 Å². The molecule has 7 nitrogen and oxygen atoms in total. The van der Waals surface area contributed by atoms with E-state index in [1.54, 1.807) is 0 Å². The van der Waals surface area contributed by atoms with Gasteiger partial charge >= 0.3 is 21.7 Å². The van der Waals surface area contributed by atoms with Crippen LogP contribution < -0.4 is 20.4 Å². The van der Waals surface area contributed by atoms with Crippen LogP contribution in [0.4, 0.5) is 0 Å². The van der Waals surface area contributed by atoms with Crippen LogP contribution in [0.5, 0.6) is 0 Å². The van der Waals surface area contributed by atoms with Crippen LogP contribution in [-0.4, -0.2) is 24.5 Å². The molecule has 0 bridgehead atoms. The first-order valence-corrected chi connectivity index (χ1v) is 4.07. The Labute approximate surface area is 119 Å². The third-order valence-corrected chi connectivity index (χ3v) is 0.815. The largest absolute Gasteiger partial charge is 4.00 e. The first-order valence-electron chi connectivity index (χ1n) is 4.07. The van der Waals surface area contributed by atoms with Gasteiger partial charge in [0.1, 0.15) is 0 Å². The van der Waals surface area contributed by atoms with Gasteiger partial charge < -0.3 is 34.8 Å². The molecule has 0 aromatic carbocycles. The number of carboxylic acids is 3. The molecule has 0 unspecified atom stereocenters. The molecule has 0 atom stereocenters. The van der Waals surface area contributed by atoms with E-state index in [0.29, 0.717) is 0 Å². The van der Waals surface area contributed by atoms with Crippen molar-refractivity contribution in [1.82, 2.24) is 0 Å². The summed E-state index contributed by atoms with van der Waals surface area (Å²) in [6.45, 7) is 7.81. The van der Waals surface area contributed by atoms with E-state index in [1.807, 2.05) is 0 Å². The van der Waals surface area contributed by atoms with E-state index in [-0.39, 0.29) is 32.9 Å². The second-order valence-corrected chi connectivity index (χ2v) is 2.65. The Bertz CT molecular complexity index is 261. The van der Waals surface area contributed by atoms with Gasteiger partial charge in [0, 0.05) is 5.97 Å². The van der Waals surface area contributed by atoms with Gasteiger partial charge in [0.2, 0.25) is 0 Å². The van der Waals surface area contributed by atoms with Crippen LogP contribution >= 0.6 is 0 Å². The Morgan fingerprint density at radius 1 is 0.889 bits per heavy atom. The Hall–Kier alpha value is -1.44. The van der Waals surface area contributed by atoms with E-state index in [4.69, 9.17) is 15.0 Å². The zero-order valence-corrected chi connectivity index (χ0v) is 11.5. The summed E-state index contributed by atoms with van der Waals surface area (Å²) in [5.74, 6) is -3.92. The van der Waals surface area contributed by atoms with Gasteiger partial charge in [0.25, 0.3) is 0 Å². The van der Waals surface area contributed by atoms with Gasteiger partial charge in [0.15, 0.2) is 0 Å². The van der Waals surface area contributed by atoms with Crippen molar-refractivity contribution in [3.05, 3.63) is 24.3 Å². The molecule has 0 aromatic heterocycles. The number of hydrogen-bond donors (Lipinski definition) is 0. The van der Waals surface area contributed by atoms with Crippen LogP contribution in [0.2, 0.25) is 0 Å². The predicted molar refractivity (Wildman–Crippen MR) is 49.5 cm³/mol. The summed E-state index contributed by atoms with van der Waals surface area (Å²) < 4.78 is 0. The number of carboxylic acid groups (broad SMARTS) is 3. The van der Waals surface area contributed by atoms with Gasteiger partial charge in [-0.05, 0) is 25.0 Å². The maximum atomic E-state index is 9.49. The van der Waals surface area contributed by atoms with E-state index >= 15 is 0 Å². The monoisotopic (exact) mass is 292 g/mol. The summed E-state index contributed by atoms with van der Waals surface area (Å²) in [4.78, 5) is 27.9. The average molecular weight is 292 g/mol. The average Bonchev–Trinajstić information content (AvgIpc) is 2.19. The second-order valence-electron chi connectivity index (χ2n) is 2.65. The Balaban J connectivity index is -0.0000000799. The van der Waals surface area contributed by atoms with Crippen molar-refractivity contribution in [2.75, 3.05) is 6.61 Å². The fourth-order valence-corrected chi connectivity index (χ4v) is 0. The molecular formula is C10H12O7Ti. The van der Waals surface area contributed by atoms with E-state index in [2.05, 4.69) is 13.2 Å². The van der Waals surface area contributed by atoms with Crippen LogP contribution in [0.3, 0.4) is 0 Å². The summed E-state index contributed by atoms with van der Waals surface area (Å²) in [6.07, 6.45) is 0. The minimum atomic E-state index is -1.55. The number of carbonyl (C=O) groups excluding carboxylic acids is 3. The summed E-state index contributed by atoms with van der Waals surface area (Å²) in [6, 6.07) is 0. The van der Waals surface area contributed by atoms with E-state index in [1.165, 1.54) is 13.8 Å². The maximum absolute atomic E-state index is 9.49. The minimum Gasteiger partial charge on any atom is -0.850 e. The molecule has 0 spiro atoms. The molecule has 0 N–H and O–H groups in total. The summed E-state index contributed by atoms with van der Waals surface area (Å²) in [5, 5.41) is 36.9. The van der Waals surface area contributed by atoms with Gasteiger partial charge in [-0.3, -0.25) is 0 Å². The quantitative estimate of drug-likeness (QED) is 0.378. The van der Waals surface area contributed by atoms with Crippen LogP contribution in [0, 0.1) is 0 Å². The zero-order chi connectivity index (χ0) is 14.6. The Morgan fingerprint density at radius 2 is 1.00 bits per heavy atom. The fraction of sp³-hybridized carbons (Fsp3) is 0.300. The van der Waals surface area contributed by atoms with Crippen molar-refractivity contribution in [1.29, 1.82) is 0 Å². The zero-order valence-electron chi connectivity index (χ0n) is 9.98. The molecule has 0 amide bonds. The third kappa shape index (κ3) is 36.5. The number of aliphatic carboxylic acids is 3. The molecule has 0 aliphatic heterocycles. The van der Waals surface area contributed by atoms with Crippen LogP contribution in [0.15, 0.2) is 24.3 Å². The molecule has 0 fully saturated rings. The molecule has 0 saturated heterocycles. The SMILES string of the molecule is C=C(C)C(=O)[O-].C=C(C)C(=O)[O-].O=C([O-])C[O-].[Ti+4]. The van der Waals surface area contributed by atoms with Crippen LogP contribution in [0.25, 0.3) is 0 Å². The van der Waals surface area contributed by atoms with Gasteiger partial charge in [-0.1, -0.05) is 19.8 Å². The normalized spacial score (nSPS) is 7.06. The van der Waals surface area contributed by atoms with Crippen molar-refractivity contribution >= 4 is 17.9 Å². The van der Waals surface area contributed by atoms with Gasteiger partial charge in [-0.15, -0.1) is 0 Å². The maximum Gasteiger partial charge on any atom is 4.00 e. The molecule has 0 heterocycles. The summed E-state index contributed by atoms with van der Waals surface area (Å²) in [7, 11) is 0. The Kier molecular flexibility index (Phi) is 22.0. The van der Waals surface area contributed by atoms with E-state index in [0.717, 1.165) is 0 Å². The number of carbonyl (C=O) groups is 3. The summed E-state index contributed by atoms with van der Waals surface area (Å²) in [5.41, 5.74) is 0.130. The molecule has 0 aliphatic carbocycles. The van der Waals surface area contributed by atoms with Crippen molar-refractivity contribution < 1.29 is 56.5 Å². The third-order valence-electron chi connectivity index (χ3n) is 0.815. The Morgan fingerprint density at radius 3 is 1.00 bits per heavy atom. The standard InChI is InChI=1S/2C4H6O2.C2H3O3.Ti/c2*1-3(2)4(5)6;3-1-2(4)5;/h2*1H2,2H3,(H,5,6);1H2,(H,4,5);/q;;-1;+4/p-3.